The second kappa shape index (κ2) is 17.3. The monoisotopic (exact) mass is 711 g/mol. The lowest BCUT2D eigenvalue weighted by Gasteiger charge is -2.63. The number of ketones is 1. The average molecular weight is 712 g/mol. The molecular formula is C37H61NO12. The normalized spacial score (nSPS) is 34.7. The molecule has 0 aromatic heterocycles. The first-order chi connectivity index (χ1) is 23.4. The van der Waals surface area contributed by atoms with Crippen molar-refractivity contribution < 1.29 is 59.0 Å². The van der Waals surface area contributed by atoms with Gasteiger partial charge in [0.05, 0.1) is 31.6 Å². The molecule has 50 heavy (non-hydrogen) atoms. The highest BCUT2D eigenvalue weighted by Crippen LogP contribution is 2.68. The van der Waals surface area contributed by atoms with Crippen molar-refractivity contribution in [3.8, 4) is 0 Å². The van der Waals surface area contributed by atoms with E-state index < -0.39 is 42.5 Å². The number of carboxylic acids is 3. The predicted octanol–water partition coefficient (Wildman–Crippen LogP) is 4.01. The molecule has 286 valence electrons. The standard InChI is InChI=1S/C31H53NO5.C6H8O7/c1-7-14-32(15-8-2)19-28(35)37-27-18-31(6)23(20(4)33)12-13-24(31)22-11-10-21-16-25(34)26(36-9-3)17-30(21,5)29(22)27;7-3(8)1-6(13,5(11)12)2-4(9)10/h21-27,29,34H,7-19H2,1-6H3;13H,1-2H2,(H,7,8)(H,9,10)(H,11,12)/t21-,22-,23+,24-,25-,26-,27-,29+,30-,31+;/m0./s1. The van der Waals surface area contributed by atoms with Crippen LogP contribution in [-0.2, 0) is 33.4 Å². The average Bonchev–Trinajstić information content (AvgIpc) is 3.34. The van der Waals surface area contributed by atoms with E-state index in [1.807, 2.05) is 6.92 Å². The first kappa shape index (κ1) is 41.8. The Morgan fingerprint density at radius 3 is 1.92 bits per heavy atom. The van der Waals surface area contributed by atoms with Crippen LogP contribution in [-0.4, -0.2) is 110 Å². The fraction of sp³-hybridized carbons (Fsp3) is 0.865. The van der Waals surface area contributed by atoms with Crippen molar-refractivity contribution in [3.05, 3.63) is 0 Å². The van der Waals surface area contributed by atoms with E-state index in [9.17, 15) is 29.1 Å². The molecule has 4 aliphatic rings. The van der Waals surface area contributed by atoms with Crippen molar-refractivity contribution >= 4 is 29.7 Å². The lowest BCUT2D eigenvalue weighted by atomic mass is 9.43. The van der Waals surface area contributed by atoms with Crippen LogP contribution in [0.3, 0.4) is 0 Å². The molecule has 0 bridgehead atoms. The topological polar surface area (TPSA) is 208 Å². The minimum absolute atomic E-state index is 0.0465. The first-order valence-electron chi connectivity index (χ1n) is 18.5. The van der Waals surface area contributed by atoms with Crippen LogP contribution < -0.4 is 0 Å². The maximum atomic E-state index is 13.4. The SMILES string of the molecule is CCCN(CCC)CC(=O)O[C@H]1C[C@]2(C)[C@@H](C(C)=O)CC[C@H]2[C@@H]2CC[C@H]3C[C@H](O)[C@@H](OCC)C[C@]3(C)[C@H]21.O=C(O)CC(O)(CC(=O)O)C(=O)O. The Kier molecular flexibility index (Phi) is 14.4. The zero-order valence-electron chi connectivity index (χ0n) is 30.8. The van der Waals surface area contributed by atoms with Crippen LogP contribution in [0.1, 0.15) is 112 Å². The number of carbonyl (C=O) groups excluding carboxylic acids is 2. The van der Waals surface area contributed by atoms with E-state index in [4.69, 9.17) is 29.9 Å². The zero-order valence-corrected chi connectivity index (χ0v) is 30.8. The van der Waals surface area contributed by atoms with Gasteiger partial charge in [-0.05, 0) is 113 Å². The number of aliphatic hydroxyl groups is 2. The van der Waals surface area contributed by atoms with Gasteiger partial charge in [0.15, 0.2) is 5.60 Å². The number of rotatable bonds is 15. The van der Waals surface area contributed by atoms with Crippen molar-refractivity contribution in [2.75, 3.05) is 26.2 Å². The highest BCUT2D eigenvalue weighted by molar-refractivity contribution is 5.88. The molecule has 0 aromatic carbocycles. The summed E-state index contributed by atoms with van der Waals surface area (Å²) in [7, 11) is 0. The Labute approximate surface area is 296 Å². The number of hydrogen-bond acceptors (Lipinski definition) is 10. The quantitative estimate of drug-likeness (QED) is 0.152. The second-order valence-electron chi connectivity index (χ2n) is 15.8. The molecule has 0 aliphatic heterocycles. The van der Waals surface area contributed by atoms with Gasteiger partial charge in [-0.15, -0.1) is 0 Å². The number of Topliss-reactive ketones (excluding diaryl/α,β-unsaturated/α-hetero) is 1. The molecule has 10 atom stereocenters. The van der Waals surface area contributed by atoms with E-state index in [0.717, 1.165) is 70.9 Å². The smallest absolute Gasteiger partial charge is 0.336 e. The van der Waals surface area contributed by atoms with Crippen LogP contribution in [0.4, 0.5) is 0 Å². The molecule has 4 aliphatic carbocycles. The van der Waals surface area contributed by atoms with Gasteiger partial charge in [0.2, 0.25) is 0 Å². The van der Waals surface area contributed by atoms with E-state index in [2.05, 4.69) is 32.6 Å². The van der Waals surface area contributed by atoms with E-state index in [-0.39, 0.29) is 40.8 Å². The summed E-state index contributed by atoms with van der Waals surface area (Å²) < 4.78 is 12.6. The van der Waals surface area contributed by atoms with Gasteiger partial charge in [0.25, 0.3) is 0 Å². The second-order valence-corrected chi connectivity index (χ2v) is 15.8. The maximum Gasteiger partial charge on any atom is 0.336 e. The Balaban J connectivity index is 0.000000442. The molecule has 0 unspecified atom stereocenters. The highest BCUT2D eigenvalue weighted by atomic mass is 16.5. The van der Waals surface area contributed by atoms with Crippen molar-refractivity contribution in [1.82, 2.24) is 4.90 Å². The molecule has 0 aromatic rings. The van der Waals surface area contributed by atoms with Crippen LogP contribution in [0.25, 0.3) is 0 Å². The molecule has 4 rings (SSSR count). The molecule has 13 heteroatoms. The number of ether oxygens (including phenoxy) is 2. The third kappa shape index (κ3) is 9.24. The predicted molar refractivity (Wildman–Crippen MR) is 182 cm³/mol. The number of aliphatic hydroxyl groups excluding tert-OH is 1. The van der Waals surface area contributed by atoms with Gasteiger partial charge in [-0.2, -0.15) is 0 Å². The summed E-state index contributed by atoms with van der Waals surface area (Å²) >= 11 is 0. The van der Waals surface area contributed by atoms with Crippen LogP contribution in [0, 0.1) is 40.4 Å². The van der Waals surface area contributed by atoms with E-state index >= 15 is 0 Å². The van der Waals surface area contributed by atoms with Gasteiger partial charge >= 0.3 is 23.9 Å². The number of nitrogens with zero attached hydrogens (tertiary/aromatic N) is 1. The highest BCUT2D eigenvalue weighted by Gasteiger charge is 2.65. The summed E-state index contributed by atoms with van der Waals surface area (Å²) in [6.45, 7) is 15.5. The Hall–Kier alpha value is -2.61. The molecule has 0 saturated heterocycles. The zero-order chi connectivity index (χ0) is 37.6. The number of hydrogen-bond donors (Lipinski definition) is 5. The number of fused-ring (bicyclic) bond motifs is 5. The Bertz CT molecular complexity index is 1200. The summed E-state index contributed by atoms with van der Waals surface area (Å²) in [5.74, 6) is -3.18. The number of carbonyl (C=O) groups is 5. The van der Waals surface area contributed by atoms with Gasteiger partial charge in [-0.25, -0.2) is 4.79 Å². The van der Waals surface area contributed by atoms with Gasteiger partial charge in [-0.1, -0.05) is 27.7 Å². The van der Waals surface area contributed by atoms with Crippen LogP contribution in [0.5, 0.6) is 0 Å². The van der Waals surface area contributed by atoms with E-state index in [1.165, 1.54) is 0 Å². The van der Waals surface area contributed by atoms with Gasteiger partial charge in [0.1, 0.15) is 11.9 Å². The lowest BCUT2D eigenvalue weighted by Crippen LogP contribution is -2.62. The van der Waals surface area contributed by atoms with Gasteiger partial charge < -0.3 is 35.0 Å². The lowest BCUT2D eigenvalue weighted by molar-refractivity contribution is -0.214. The molecule has 5 N–H and O–H groups in total. The summed E-state index contributed by atoms with van der Waals surface area (Å²) in [5.41, 5.74) is -2.89. The maximum absolute atomic E-state index is 13.4. The Morgan fingerprint density at radius 2 is 1.42 bits per heavy atom. The number of carboxylic acid groups (broad SMARTS) is 3. The minimum atomic E-state index is -2.74. The number of aliphatic carboxylic acids is 3. The molecule has 4 saturated carbocycles. The fourth-order valence-corrected chi connectivity index (χ4v) is 10.5. The van der Waals surface area contributed by atoms with Gasteiger partial charge in [-0.3, -0.25) is 24.1 Å². The summed E-state index contributed by atoms with van der Waals surface area (Å²) in [4.78, 5) is 58.9. The van der Waals surface area contributed by atoms with Crippen LogP contribution in [0.2, 0.25) is 0 Å². The van der Waals surface area contributed by atoms with Crippen LogP contribution in [0.15, 0.2) is 0 Å². The molecule has 0 radical (unpaired) electrons. The molecule has 13 nitrogen and oxygen atoms in total. The molecule has 0 heterocycles. The fourth-order valence-electron chi connectivity index (χ4n) is 10.5. The third-order valence-electron chi connectivity index (χ3n) is 12.4. The van der Waals surface area contributed by atoms with Crippen molar-refractivity contribution in [3.63, 3.8) is 0 Å². The minimum Gasteiger partial charge on any atom is -0.481 e. The third-order valence-corrected chi connectivity index (χ3v) is 12.4. The van der Waals surface area contributed by atoms with Crippen molar-refractivity contribution in [2.45, 2.75) is 136 Å². The molecule has 4 fully saturated rings. The van der Waals surface area contributed by atoms with Crippen LogP contribution >= 0.6 is 0 Å². The Morgan fingerprint density at radius 1 is 0.840 bits per heavy atom. The molecular weight excluding hydrogens is 650 g/mol. The van der Waals surface area contributed by atoms with Crippen molar-refractivity contribution in [2.24, 2.45) is 40.4 Å². The summed E-state index contributed by atoms with van der Waals surface area (Å²) in [5, 5.41) is 44.7. The van der Waals surface area contributed by atoms with Crippen molar-refractivity contribution in [1.29, 1.82) is 0 Å². The van der Waals surface area contributed by atoms with E-state index in [0.29, 0.717) is 36.7 Å². The molecule has 0 amide bonds. The summed E-state index contributed by atoms with van der Waals surface area (Å²) in [6, 6.07) is 0. The molecule has 0 spiro atoms. The number of esters is 1. The first-order valence-corrected chi connectivity index (χ1v) is 18.5. The largest absolute Gasteiger partial charge is 0.481 e. The van der Waals surface area contributed by atoms with Gasteiger partial charge in [0, 0.05) is 18.4 Å². The summed E-state index contributed by atoms with van der Waals surface area (Å²) in [6.07, 6.45) is 5.61. The van der Waals surface area contributed by atoms with E-state index in [1.54, 1.807) is 6.92 Å².